The van der Waals surface area contributed by atoms with E-state index in [9.17, 15) is 19.1 Å². The molecular formula is C30H43FN6O5. The predicted octanol–water partition coefficient (Wildman–Crippen LogP) is 2.68. The van der Waals surface area contributed by atoms with E-state index in [2.05, 4.69) is 32.7 Å². The van der Waals surface area contributed by atoms with Crippen molar-refractivity contribution in [2.45, 2.75) is 75.5 Å². The highest BCUT2D eigenvalue weighted by atomic mass is 19.1. The number of carbonyl (C=O) groups excluding carboxylic acids is 1. The molecule has 42 heavy (non-hydrogen) atoms. The zero-order valence-electron chi connectivity index (χ0n) is 24.6. The van der Waals surface area contributed by atoms with Crippen molar-refractivity contribution in [1.82, 2.24) is 25.2 Å². The number of nitrogens with zero attached hydrogens (tertiary/aromatic N) is 4. The van der Waals surface area contributed by atoms with Gasteiger partial charge in [0.1, 0.15) is 18.5 Å². The molecule has 4 rings (SSSR count). The zero-order chi connectivity index (χ0) is 30.0. The number of carboxylic acid groups (broad SMARTS) is 1. The van der Waals surface area contributed by atoms with Crippen molar-refractivity contribution >= 4 is 17.7 Å². The Hall–Kier alpha value is -3.22. The monoisotopic (exact) mass is 586 g/mol. The Bertz CT molecular complexity index is 1190. The Morgan fingerprint density at radius 2 is 2.00 bits per heavy atom. The Labute approximate surface area is 246 Å². The number of carbonyl (C=O) groups is 2. The van der Waals surface area contributed by atoms with Crippen molar-refractivity contribution in [2.24, 2.45) is 0 Å². The van der Waals surface area contributed by atoms with Crippen molar-refractivity contribution in [3.8, 4) is 0 Å². The highest BCUT2D eigenvalue weighted by Gasteiger charge is 2.54. The van der Waals surface area contributed by atoms with E-state index in [-0.39, 0.29) is 18.9 Å². The number of alkyl halides is 1. The minimum atomic E-state index is -1.11. The van der Waals surface area contributed by atoms with Crippen LogP contribution in [0.15, 0.2) is 24.5 Å². The average molecular weight is 587 g/mol. The summed E-state index contributed by atoms with van der Waals surface area (Å²) in [6.07, 6.45) is 8.48. The summed E-state index contributed by atoms with van der Waals surface area (Å²) < 4.78 is 24.0. The topological polar surface area (TPSA) is 139 Å². The van der Waals surface area contributed by atoms with Crippen LogP contribution in [0.2, 0.25) is 0 Å². The number of amides is 1. The molecule has 1 aliphatic carbocycles. The quantitative estimate of drug-likeness (QED) is 0.224. The van der Waals surface area contributed by atoms with E-state index in [0.717, 1.165) is 50.2 Å². The maximum atomic E-state index is 13.5. The van der Waals surface area contributed by atoms with Gasteiger partial charge < -0.3 is 30.1 Å². The summed E-state index contributed by atoms with van der Waals surface area (Å²) in [5.74, 6) is -0.503. The normalized spacial score (nSPS) is 16.8. The summed E-state index contributed by atoms with van der Waals surface area (Å²) in [6, 6.07) is 3.13. The molecule has 2 atom stereocenters. The van der Waals surface area contributed by atoms with E-state index in [0.29, 0.717) is 43.9 Å². The predicted molar refractivity (Wildman–Crippen MR) is 155 cm³/mol. The SMILES string of the molecule is COCc1nccnc1C1(C(=O)N[C@@H](CCN(CCCCc2ccc3c(n2)NCCC3)C[C@@H](CF)OC)C(=O)O)CC1. The molecule has 0 aromatic carbocycles. The van der Waals surface area contributed by atoms with Gasteiger partial charge in [0, 0.05) is 51.9 Å². The van der Waals surface area contributed by atoms with Gasteiger partial charge in [0.05, 0.1) is 29.5 Å². The van der Waals surface area contributed by atoms with Gasteiger partial charge in [-0.05, 0) is 69.5 Å². The van der Waals surface area contributed by atoms with Crippen LogP contribution in [0.4, 0.5) is 10.2 Å². The molecule has 0 saturated heterocycles. The van der Waals surface area contributed by atoms with Gasteiger partial charge in [-0.25, -0.2) is 14.2 Å². The second kappa shape index (κ2) is 15.3. The van der Waals surface area contributed by atoms with Crippen LogP contribution in [0.3, 0.4) is 0 Å². The molecule has 2 aromatic rings. The number of halogens is 1. The van der Waals surface area contributed by atoms with Crippen LogP contribution in [0, 0.1) is 0 Å². The lowest BCUT2D eigenvalue weighted by atomic mass is 9.98. The van der Waals surface area contributed by atoms with Gasteiger partial charge in [-0.2, -0.15) is 0 Å². The van der Waals surface area contributed by atoms with Gasteiger partial charge in [0.25, 0.3) is 0 Å². The van der Waals surface area contributed by atoms with E-state index < -0.39 is 30.2 Å². The number of carboxylic acids is 1. The van der Waals surface area contributed by atoms with Crippen molar-refractivity contribution in [3.63, 3.8) is 0 Å². The highest BCUT2D eigenvalue weighted by Crippen LogP contribution is 2.48. The molecule has 11 nitrogen and oxygen atoms in total. The number of unbranched alkanes of at least 4 members (excludes halogenated alkanes) is 1. The fraction of sp³-hybridized carbons (Fsp3) is 0.633. The summed E-state index contributed by atoms with van der Waals surface area (Å²) in [4.78, 5) is 41.0. The van der Waals surface area contributed by atoms with Gasteiger partial charge in [-0.15, -0.1) is 0 Å². The van der Waals surface area contributed by atoms with Crippen LogP contribution in [0.1, 0.15) is 61.2 Å². The first-order valence-corrected chi connectivity index (χ1v) is 14.8. The Kier molecular flexibility index (Phi) is 11.6. The van der Waals surface area contributed by atoms with E-state index in [1.54, 1.807) is 13.3 Å². The molecule has 1 amide bonds. The van der Waals surface area contributed by atoms with E-state index in [1.165, 1.54) is 18.9 Å². The molecule has 1 fully saturated rings. The molecule has 3 N–H and O–H groups in total. The maximum absolute atomic E-state index is 13.5. The molecule has 2 aromatic heterocycles. The van der Waals surface area contributed by atoms with E-state index in [4.69, 9.17) is 14.5 Å². The summed E-state index contributed by atoms with van der Waals surface area (Å²) in [6.45, 7) is 1.87. The zero-order valence-corrected chi connectivity index (χ0v) is 24.6. The van der Waals surface area contributed by atoms with Crippen LogP contribution in [0.25, 0.3) is 0 Å². The molecule has 1 aliphatic heterocycles. The molecule has 3 heterocycles. The minimum absolute atomic E-state index is 0.170. The van der Waals surface area contributed by atoms with Crippen LogP contribution >= 0.6 is 0 Å². The van der Waals surface area contributed by atoms with Gasteiger partial charge in [-0.3, -0.25) is 14.8 Å². The fourth-order valence-corrected chi connectivity index (χ4v) is 5.49. The first kappa shape index (κ1) is 31.7. The largest absolute Gasteiger partial charge is 0.480 e. The number of ether oxygens (including phenoxy) is 2. The number of hydrogen-bond acceptors (Lipinski definition) is 9. The number of rotatable bonds is 18. The number of hydrogen-bond donors (Lipinski definition) is 3. The number of aliphatic carboxylic acids is 1. The van der Waals surface area contributed by atoms with Crippen molar-refractivity contribution < 1.29 is 28.6 Å². The van der Waals surface area contributed by atoms with E-state index in [1.807, 2.05) is 4.90 Å². The number of methoxy groups -OCH3 is 2. The summed E-state index contributed by atoms with van der Waals surface area (Å²) in [5.41, 5.74) is 2.50. The lowest BCUT2D eigenvalue weighted by Gasteiger charge is -2.27. The second-order valence-electron chi connectivity index (χ2n) is 11.1. The molecule has 230 valence electrons. The standard InChI is InChI=1S/C30H43FN6O5/c1-41-20-25-26(33-15-14-32-25)30(11-12-30)29(40)36-24(28(38)39)10-17-37(19-23(18-31)42-2)16-4-3-7-22-9-8-21-6-5-13-34-27(21)35-22/h8-9,14-15,23-24H,3-7,10-13,16-20H2,1-2H3,(H,34,35)(H,36,40)(H,38,39)/t23-,24+/m1/s1. The van der Waals surface area contributed by atoms with Crippen molar-refractivity contribution in [1.29, 1.82) is 0 Å². The van der Waals surface area contributed by atoms with Gasteiger partial charge >= 0.3 is 5.97 Å². The van der Waals surface area contributed by atoms with Gasteiger partial charge in [-0.1, -0.05) is 6.07 Å². The third-order valence-electron chi connectivity index (χ3n) is 8.11. The fourth-order valence-electron chi connectivity index (χ4n) is 5.49. The van der Waals surface area contributed by atoms with Crippen LogP contribution in [-0.4, -0.2) is 96.1 Å². The van der Waals surface area contributed by atoms with Crippen molar-refractivity contribution in [3.05, 3.63) is 47.2 Å². The Balaban J connectivity index is 1.33. The van der Waals surface area contributed by atoms with Crippen LogP contribution < -0.4 is 10.6 Å². The van der Waals surface area contributed by atoms with Gasteiger partial charge in [0.2, 0.25) is 5.91 Å². The molecule has 0 radical (unpaired) electrons. The molecule has 0 spiro atoms. The number of fused-ring (bicyclic) bond motifs is 1. The summed E-state index contributed by atoms with van der Waals surface area (Å²) in [7, 11) is 3.02. The third kappa shape index (κ3) is 8.20. The number of anilines is 1. The van der Waals surface area contributed by atoms with Gasteiger partial charge in [0.15, 0.2) is 0 Å². The maximum Gasteiger partial charge on any atom is 0.326 e. The first-order valence-electron chi connectivity index (χ1n) is 14.8. The smallest absolute Gasteiger partial charge is 0.326 e. The molecule has 2 aliphatic rings. The highest BCUT2D eigenvalue weighted by molar-refractivity contribution is 5.93. The number of pyridine rings is 1. The number of aromatic nitrogens is 3. The Morgan fingerprint density at radius 3 is 2.71 bits per heavy atom. The van der Waals surface area contributed by atoms with Crippen LogP contribution in [0.5, 0.6) is 0 Å². The molecule has 12 heteroatoms. The second-order valence-corrected chi connectivity index (χ2v) is 11.1. The summed E-state index contributed by atoms with van der Waals surface area (Å²) >= 11 is 0. The van der Waals surface area contributed by atoms with E-state index >= 15 is 0 Å². The Morgan fingerprint density at radius 1 is 1.19 bits per heavy atom. The lowest BCUT2D eigenvalue weighted by Crippen LogP contribution is -2.48. The lowest BCUT2D eigenvalue weighted by molar-refractivity contribution is -0.142. The number of aryl methyl sites for hydroxylation is 2. The summed E-state index contributed by atoms with van der Waals surface area (Å²) in [5, 5.41) is 16.1. The third-order valence-corrected chi connectivity index (χ3v) is 8.11. The van der Waals surface area contributed by atoms with Crippen molar-refractivity contribution in [2.75, 3.05) is 52.4 Å². The average Bonchev–Trinajstić information content (AvgIpc) is 3.82. The molecule has 0 bridgehead atoms. The molecule has 1 saturated carbocycles. The molecular weight excluding hydrogens is 543 g/mol. The number of nitrogens with one attached hydrogen (secondary N) is 2. The first-order chi connectivity index (χ1) is 20.4. The minimum Gasteiger partial charge on any atom is -0.480 e. The molecule has 0 unspecified atom stereocenters. The van der Waals surface area contributed by atoms with Crippen LogP contribution in [-0.2, 0) is 43.9 Å².